The first kappa shape index (κ1) is 20.0. The zero-order valence-electron chi connectivity index (χ0n) is 14.9. The molecule has 0 bridgehead atoms. The summed E-state index contributed by atoms with van der Waals surface area (Å²) in [5.74, 6) is 1.27. The molecule has 1 heterocycles. The van der Waals surface area contributed by atoms with Gasteiger partial charge in [-0.3, -0.25) is 0 Å². The number of unbranched alkanes of at least 4 members (excludes halogenated alkanes) is 7. The molecule has 0 radical (unpaired) electrons. The van der Waals surface area contributed by atoms with Gasteiger partial charge in [0.1, 0.15) is 5.82 Å². The number of benzene rings is 1. The summed E-state index contributed by atoms with van der Waals surface area (Å²) in [5, 5.41) is 0. The molecule has 2 aromatic rings. The number of para-hydroxylation sites is 2. The highest BCUT2D eigenvalue weighted by Gasteiger charge is 2.08. The molecule has 0 aliphatic carbocycles. The first-order valence-electron chi connectivity index (χ1n) is 9.31. The maximum Gasteiger partial charge on any atom is 0.109 e. The number of hydrogen-bond acceptors (Lipinski definition) is 1. The third kappa shape index (κ3) is 6.18. The van der Waals surface area contributed by atoms with E-state index in [1.807, 2.05) is 0 Å². The highest BCUT2D eigenvalue weighted by Crippen LogP contribution is 2.18. The average molecular weight is 337 g/mol. The number of aromatic nitrogens is 2. The summed E-state index contributed by atoms with van der Waals surface area (Å²) in [4.78, 5) is 4.81. The minimum atomic E-state index is 0. The van der Waals surface area contributed by atoms with E-state index in [1.165, 1.54) is 69.1 Å². The Labute approximate surface area is 148 Å². The molecule has 0 unspecified atom stereocenters. The van der Waals surface area contributed by atoms with Crippen LogP contribution >= 0.6 is 12.4 Å². The summed E-state index contributed by atoms with van der Waals surface area (Å²) in [6, 6.07) is 8.57. The van der Waals surface area contributed by atoms with Gasteiger partial charge in [0.05, 0.1) is 11.0 Å². The fourth-order valence-electron chi connectivity index (χ4n) is 3.19. The fraction of sp³-hybridized carbons (Fsp3) is 0.650. The van der Waals surface area contributed by atoms with Gasteiger partial charge >= 0.3 is 0 Å². The highest BCUT2D eigenvalue weighted by atomic mass is 35.5. The maximum atomic E-state index is 4.81. The lowest BCUT2D eigenvalue weighted by atomic mass is 10.1. The average Bonchev–Trinajstić information content (AvgIpc) is 2.88. The molecule has 1 aromatic carbocycles. The molecule has 0 atom stereocenters. The predicted octanol–water partition coefficient (Wildman–Crippen LogP) is 6.55. The Morgan fingerprint density at radius 3 is 2.17 bits per heavy atom. The van der Waals surface area contributed by atoms with Crippen molar-refractivity contribution in [3.63, 3.8) is 0 Å². The summed E-state index contributed by atoms with van der Waals surface area (Å²) in [7, 11) is 0. The molecule has 0 amide bonds. The van der Waals surface area contributed by atoms with Crippen molar-refractivity contribution in [2.75, 3.05) is 0 Å². The van der Waals surface area contributed by atoms with E-state index in [2.05, 4.69) is 42.7 Å². The van der Waals surface area contributed by atoms with Gasteiger partial charge in [-0.2, -0.15) is 0 Å². The lowest BCUT2D eigenvalue weighted by Gasteiger charge is -2.08. The number of imidazole rings is 1. The summed E-state index contributed by atoms with van der Waals surface area (Å²) >= 11 is 0. The zero-order valence-corrected chi connectivity index (χ0v) is 15.7. The quantitative estimate of drug-likeness (QED) is 0.425. The molecule has 1 aromatic heterocycles. The molecule has 23 heavy (non-hydrogen) atoms. The molecule has 0 N–H and O–H groups in total. The fourth-order valence-corrected chi connectivity index (χ4v) is 3.19. The molecule has 0 aliphatic rings. The van der Waals surface area contributed by atoms with Crippen LogP contribution in [-0.4, -0.2) is 9.55 Å². The molecule has 3 heteroatoms. The second kappa shape index (κ2) is 11.5. The van der Waals surface area contributed by atoms with E-state index in [9.17, 15) is 0 Å². The number of nitrogens with zero attached hydrogens (tertiary/aromatic N) is 2. The first-order valence-corrected chi connectivity index (χ1v) is 9.31. The van der Waals surface area contributed by atoms with Gasteiger partial charge in [-0.1, -0.05) is 70.9 Å². The first-order chi connectivity index (χ1) is 10.9. The predicted molar refractivity (Wildman–Crippen MR) is 104 cm³/mol. The minimum absolute atomic E-state index is 0. The summed E-state index contributed by atoms with van der Waals surface area (Å²) in [6.45, 7) is 5.65. The van der Waals surface area contributed by atoms with Crippen LogP contribution in [-0.2, 0) is 13.0 Å². The molecule has 0 spiro atoms. The van der Waals surface area contributed by atoms with Crippen molar-refractivity contribution < 1.29 is 0 Å². The van der Waals surface area contributed by atoms with E-state index in [1.54, 1.807) is 0 Å². The number of hydrogen-bond donors (Lipinski definition) is 0. The van der Waals surface area contributed by atoms with Gasteiger partial charge in [0.2, 0.25) is 0 Å². The van der Waals surface area contributed by atoms with E-state index in [0.29, 0.717) is 0 Å². The number of fused-ring (bicyclic) bond motifs is 1. The van der Waals surface area contributed by atoms with Crippen molar-refractivity contribution in [1.82, 2.24) is 9.55 Å². The lowest BCUT2D eigenvalue weighted by Crippen LogP contribution is -2.04. The maximum absolute atomic E-state index is 4.81. The molecule has 2 nitrogen and oxygen atoms in total. The van der Waals surface area contributed by atoms with Crippen LogP contribution < -0.4 is 0 Å². The van der Waals surface area contributed by atoms with Crippen LogP contribution in [0.15, 0.2) is 24.3 Å². The Bertz CT molecular complexity index is 548. The van der Waals surface area contributed by atoms with Crippen molar-refractivity contribution in [1.29, 1.82) is 0 Å². The van der Waals surface area contributed by atoms with Crippen molar-refractivity contribution in [2.45, 2.75) is 84.6 Å². The zero-order chi connectivity index (χ0) is 15.6. The van der Waals surface area contributed by atoms with Crippen LogP contribution in [0.5, 0.6) is 0 Å². The molecular weight excluding hydrogens is 304 g/mol. The molecule has 0 fully saturated rings. The number of aryl methyl sites for hydroxylation is 2. The second-order valence-corrected chi connectivity index (χ2v) is 6.39. The van der Waals surface area contributed by atoms with E-state index in [-0.39, 0.29) is 12.4 Å². The van der Waals surface area contributed by atoms with Crippen LogP contribution in [0.4, 0.5) is 0 Å². The van der Waals surface area contributed by atoms with E-state index in [0.717, 1.165) is 18.5 Å². The summed E-state index contributed by atoms with van der Waals surface area (Å²) in [6.07, 6.45) is 13.3. The largest absolute Gasteiger partial charge is 0.328 e. The standard InChI is InChI=1S/C20H32N2.ClH/c1-3-5-6-7-8-9-10-13-17-22-19-16-12-11-15-18(19)21-20(22)14-4-2;/h11-12,15-16H,3-10,13-14,17H2,1-2H3;1H. The third-order valence-electron chi connectivity index (χ3n) is 4.44. The van der Waals surface area contributed by atoms with Crippen LogP contribution in [0.2, 0.25) is 0 Å². The van der Waals surface area contributed by atoms with Gasteiger partial charge in [-0.05, 0) is 25.0 Å². The molecule has 0 saturated carbocycles. The lowest BCUT2D eigenvalue weighted by molar-refractivity contribution is 0.539. The molecule has 0 aliphatic heterocycles. The number of rotatable bonds is 11. The normalized spacial score (nSPS) is 10.9. The monoisotopic (exact) mass is 336 g/mol. The Balaban J connectivity index is 0.00000264. The second-order valence-electron chi connectivity index (χ2n) is 6.39. The Kier molecular flexibility index (Phi) is 10.0. The van der Waals surface area contributed by atoms with Gasteiger partial charge in [0, 0.05) is 13.0 Å². The topological polar surface area (TPSA) is 17.8 Å². The smallest absolute Gasteiger partial charge is 0.109 e. The molecule has 2 rings (SSSR count). The Hall–Kier alpha value is -1.02. The Morgan fingerprint density at radius 2 is 1.48 bits per heavy atom. The number of halogens is 1. The van der Waals surface area contributed by atoms with Crippen molar-refractivity contribution in [3.8, 4) is 0 Å². The van der Waals surface area contributed by atoms with Crippen molar-refractivity contribution >= 4 is 23.4 Å². The van der Waals surface area contributed by atoms with Crippen molar-refractivity contribution in [2.24, 2.45) is 0 Å². The highest BCUT2D eigenvalue weighted by molar-refractivity contribution is 5.85. The van der Waals surface area contributed by atoms with Gasteiger partial charge in [0.25, 0.3) is 0 Å². The summed E-state index contributed by atoms with van der Waals surface area (Å²) < 4.78 is 2.45. The van der Waals surface area contributed by atoms with Crippen molar-refractivity contribution in [3.05, 3.63) is 30.1 Å². The molecule has 0 saturated heterocycles. The van der Waals surface area contributed by atoms with E-state index in [4.69, 9.17) is 4.98 Å². The molecular formula is C20H33ClN2. The van der Waals surface area contributed by atoms with Gasteiger partial charge in [0.15, 0.2) is 0 Å². The minimum Gasteiger partial charge on any atom is -0.328 e. The Morgan fingerprint density at radius 1 is 0.826 bits per heavy atom. The van der Waals surface area contributed by atoms with E-state index >= 15 is 0 Å². The van der Waals surface area contributed by atoms with Gasteiger partial charge in [-0.15, -0.1) is 12.4 Å². The van der Waals surface area contributed by atoms with Crippen LogP contribution in [0, 0.1) is 0 Å². The van der Waals surface area contributed by atoms with Gasteiger partial charge in [-0.25, -0.2) is 4.98 Å². The van der Waals surface area contributed by atoms with Crippen LogP contribution in [0.25, 0.3) is 11.0 Å². The molecule has 130 valence electrons. The van der Waals surface area contributed by atoms with E-state index < -0.39 is 0 Å². The SMILES string of the molecule is CCCCCCCCCCn1c(CCC)nc2ccccc21.Cl. The van der Waals surface area contributed by atoms with Crippen LogP contribution in [0.3, 0.4) is 0 Å². The van der Waals surface area contributed by atoms with Gasteiger partial charge < -0.3 is 4.57 Å². The third-order valence-corrected chi connectivity index (χ3v) is 4.44. The summed E-state index contributed by atoms with van der Waals surface area (Å²) in [5.41, 5.74) is 2.47. The van der Waals surface area contributed by atoms with Crippen LogP contribution in [0.1, 0.15) is 77.5 Å².